The highest BCUT2D eigenvalue weighted by Crippen LogP contribution is 2.24. The highest BCUT2D eigenvalue weighted by Gasteiger charge is 2.17. The molecule has 1 atom stereocenters. The lowest BCUT2D eigenvalue weighted by atomic mass is 10.1. The molecule has 0 aliphatic rings. The molecule has 1 heterocycles. The second-order valence-corrected chi connectivity index (χ2v) is 6.70. The van der Waals surface area contributed by atoms with Crippen molar-refractivity contribution in [3.8, 4) is 5.75 Å². The molecule has 0 fully saturated rings. The highest BCUT2D eigenvalue weighted by molar-refractivity contribution is 7.99. The van der Waals surface area contributed by atoms with E-state index in [2.05, 4.69) is 10.2 Å². The Morgan fingerprint density at radius 2 is 1.88 bits per heavy atom. The van der Waals surface area contributed by atoms with Crippen LogP contribution in [-0.2, 0) is 0 Å². The standard InChI is InChI=1S/C18H14ClFN2O3S/c1-11(24-15-8-6-14(20)7-9-15)17-21-22-18(25-17)26-10-16(23)12-2-4-13(19)5-3-12/h2-9,11H,10H2,1H3. The van der Waals surface area contributed by atoms with Crippen LogP contribution in [0.1, 0.15) is 29.3 Å². The molecule has 3 rings (SSSR count). The van der Waals surface area contributed by atoms with Crippen molar-refractivity contribution in [3.63, 3.8) is 0 Å². The van der Waals surface area contributed by atoms with Crippen molar-refractivity contribution in [2.75, 3.05) is 5.75 Å². The largest absolute Gasteiger partial charge is 0.481 e. The number of aromatic nitrogens is 2. The first kappa shape index (κ1) is 18.4. The number of hydrogen-bond acceptors (Lipinski definition) is 6. The van der Waals surface area contributed by atoms with Crippen molar-refractivity contribution < 1.29 is 18.3 Å². The Hall–Kier alpha value is -2.38. The van der Waals surface area contributed by atoms with E-state index in [1.54, 1.807) is 31.2 Å². The lowest BCUT2D eigenvalue weighted by Crippen LogP contribution is -2.03. The maximum absolute atomic E-state index is 12.9. The van der Waals surface area contributed by atoms with Gasteiger partial charge in [-0.1, -0.05) is 23.4 Å². The number of nitrogens with zero attached hydrogens (tertiary/aromatic N) is 2. The molecule has 26 heavy (non-hydrogen) atoms. The van der Waals surface area contributed by atoms with Crippen LogP contribution in [-0.4, -0.2) is 21.7 Å². The predicted molar refractivity (Wildman–Crippen MR) is 96.2 cm³/mol. The molecule has 5 nitrogen and oxygen atoms in total. The van der Waals surface area contributed by atoms with Crippen LogP contribution in [0.2, 0.25) is 5.02 Å². The van der Waals surface area contributed by atoms with E-state index in [4.69, 9.17) is 20.8 Å². The van der Waals surface area contributed by atoms with E-state index in [0.717, 1.165) is 11.8 Å². The first-order valence-corrected chi connectivity index (χ1v) is 9.05. The summed E-state index contributed by atoms with van der Waals surface area (Å²) in [6, 6.07) is 12.3. The number of hydrogen-bond donors (Lipinski definition) is 0. The van der Waals surface area contributed by atoms with E-state index in [1.807, 2.05) is 0 Å². The zero-order valence-corrected chi connectivity index (χ0v) is 15.3. The molecule has 0 saturated heterocycles. The normalized spacial score (nSPS) is 12.0. The van der Waals surface area contributed by atoms with Gasteiger partial charge in [-0.3, -0.25) is 4.79 Å². The van der Waals surface area contributed by atoms with Gasteiger partial charge in [0.05, 0.1) is 5.75 Å². The average molecular weight is 393 g/mol. The van der Waals surface area contributed by atoms with Crippen LogP contribution in [0, 0.1) is 5.82 Å². The molecule has 0 N–H and O–H groups in total. The van der Waals surface area contributed by atoms with Gasteiger partial charge in [0.1, 0.15) is 11.6 Å². The Labute approximate surface area is 158 Å². The van der Waals surface area contributed by atoms with Crippen LogP contribution in [0.3, 0.4) is 0 Å². The Balaban J connectivity index is 1.56. The van der Waals surface area contributed by atoms with Gasteiger partial charge in [-0.25, -0.2) is 4.39 Å². The fourth-order valence-corrected chi connectivity index (χ4v) is 2.85. The van der Waals surface area contributed by atoms with Gasteiger partial charge in [0.2, 0.25) is 0 Å². The maximum Gasteiger partial charge on any atom is 0.277 e. The molecule has 134 valence electrons. The smallest absolute Gasteiger partial charge is 0.277 e. The van der Waals surface area contributed by atoms with E-state index in [9.17, 15) is 9.18 Å². The van der Waals surface area contributed by atoms with Crippen molar-refractivity contribution >= 4 is 29.1 Å². The summed E-state index contributed by atoms with van der Waals surface area (Å²) >= 11 is 6.95. The topological polar surface area (TPSA) is 65.2 Å². The van der Waals surface area contributed by atoms with Crippen LogP contribution < -0.4 is 4.74 Å². The van der Waals surface area contributed by atoms with Crippen molar-refractivity contribution in [2.45, 2.75) is 18.3 Å². The Kier molecular flexibility index (Phi) is 5.90. The van der Waals surface area contributed by atoms with Gasteiger partial charge in [-0.15, -0.1) is 10.2 Å². The summed E-state index contributed by atoms with van der Waals surface area (Å²) in [5.41, 5.74) is 0.564. The minimum absolute atomic E-state index is 0.0676. The zero-order valence-electron chi connectivity index (χ0n) is 13.7. The monoisotopic (exact) mass is 392 g/mol. The van der Waals surface area contributed by atoms with E-state index < -0.39 is 6.10 Å². The molecule has 2 aromatic carbocycles. The van der Waals surface area contributed by atoms with Gasteiger partial charge in [0.15, 0.2) is 11.9 Å². The average Bonchev–Trinajstić information content (AvgIpc) is 3.11. The Bertz CT molecular complexity index is 884. The summed E-state index contributed by atoms with van der Waals surface area (Å²) in [5, 5.41) is 8.68. The Morgan fingerprint density at radius 1 is 1.19 bits per heavy atom. The number of carbonyl (C=O) groups excluding carboxylic acids is 1. The van der Waals surface area contributed by atoms with Gasteiger partial charge in [-0.05, 0) is 55.5 Å². The summed E-state index contributed by atoms with van der Waals surface area (Å²) in [6.45, 7) is 1.74. The molecule has 0 saturated carbocycles. The molecule has 8 heteroatoms. The molecule has 0 amide bonds. The molecule has 3 aromatic rings. The number of ether oxygens (including phenoxy) is 1. The van der Waals surface area contributed by atoms with E-state index in [-0.39, 0.29) is 28.5 Å². The number of halogens is 2. The second kappa shape index (κ2) is 8.33. The van der Waals surface area contributed by atoms with E-state index in [1.165, 1.54) is 24.3 Å². The number of rotatable bonds is 7. The molecule has 1 aromatic heterocycles. The van der Waals surface area contributed by atoms with Gasteiger partial charge < -0.3 is 9.15 Å². The van der Waals surface area contributed by atoms with Gasteiger partial charge in [0, 0.05) is 10.6 Å². The van der Waals surface area contributed by atoms with Crippen molar-refractivity contribution in [2.24, 2.45) is 0 Å². The summed E-state index contributed by atoms with van der Waals surface area (Å²) in [7, 11) is 0. The third-order valence-corrected chi connectivity index (χ3v) is 4.46. The minimum Gasteiger partial charge on any atom is -0.481 e. The first-order chi connectivity index (χ1) is 12.5. The number of carbonyl (C=O) groups is 1. The van der Waals surface area contributed by atoms with E-state index in [0.29, 0.717) is 16.3 Å². The fraction of sp³-hybridized carbons (Fsp3) is 0.167. The molecule has 0 aliphatic carbocycles. The third kappa shape index (κ3) is 4.83. The van der Waals surface area contributed by atoms with Crippen molar-refractivity contribution in [1.29, 1.82) is 0 Å². The second-order valence-electron chi connectivity index (χ2n) is 5.34. The van der Waals surface area contributed by atoms with Crippen molar-refractivity contribution in [1.82, 2.24) is 10.2 Å². The molecule has 0 aliphatic heterocycles. The zero-order chi connectivity index (χ0) is 18.5. The number of benzene rings is 2. The van der Waals surface area contributed by atoms with Crippen LogP contribution in [0.15, 0.2) is 58.2 Å². The minimum atomic E-state index is -0.505. The van der Waals surface area contributed by atoms with Crippen LogP contribution in [0.4, 0.5) is 4.39 Å². The lowest BCUT2D eigenvalue weighted by Gasteiger charge is -2.10. The van der Waals surface area contributed by atoms with Crippen molar-refractivity contribution in [3.05, 3.63) is 70.8 Å². The lowest BCUT2D eigenvalue weighted by molar-refractivity contribution is 0.102. The third-order valence-electron chi connectivity index (χ3n) is 3.39. The summed E-state index contributed by atoms with van der Waals surface area (Å²) in [4.78, 5) is 12.1. The predicted octanol–water partition coefficient (Wildman–Crippen LogP) is 4.98. The summed E-state index contributed by atoms with van der Waals surface area (Å²) in [5.74, 6) is 0.519. The molecule has 0 spiro atoms. The molecular weight excluding hydrogens is 379 g/mol. The quantitative estimate of drug-likeness (QED) is 0.417. The highest BCUT2D eigenvalue weighted by atomic mass is 35.5. The fourth-order valence-electron chi connectivity index (χ4n) is 2.06. The molecule has 0 radical (unpaired) electrons. The number of thioether (sulfide) groups is 1. The molecule has 1 unspecified atom stereocenters. The Morgan fingerprint density at radius 3 is 2.58 bits per heavy atom. The van der Waals surface area contributed by atoms with Gasteiger partial charge in [0.25, 0.3) is 11.1 Å². The van der Waals surface area contributed by atoms with Crippen LogP contribution in [0.5, 0.6) is 5.75 Å². The van der Waals surface area contributed by atoms with Gasteiger partial charge >= 0.3 is 0 Å². The first-order valence-electron chi connectivity index (χ1n) is 7.68. The van der Waals surface area contributed by atoms with E-state index >= 15 is 0 Å². The summed E-state index contributed by atoms with van der Waals surface area (Å²) in [6.07, 6.45) is -0.505. The van der Waals surface area contributed by atoms with Crippen LogP contribution >= 0.6 is 23.4 Å². The molecular formula is C18H14ClFN2O3S. The maximum atomic E-state index is 12.9. The number of ketones is 1. The molecule has 0 bridgehead atoms. The number of Topliss-reactive ketones (excluding diaryl/α,β-unsaturated/α-hetero) is 1. The van der Waals surface area contributed by atoms with Gasteiger partial charge in [-0.2, -0.15) is 0 Å². The van der Waals surface area contributed by atoms with Crippen LogP contribution in [0.25, 0.3) is 0 Å². The SMILES string of the molecule is CC(Oc1ccc(F)cc1)c1nnc(SCC(=O)c2ccc(Cl)cc2)o1. The summed E-state index contributed by atoms with van der Waals surface area (Å²) < 4.78 is 24.0.